The van der Waals surface area contributed by atoms with Gasteiger partial charge >= 0.3 is 6.03 Å². The highest BCUT2D eigenvalue weighted by molar-refractivity contribution is 6.30. The first-order valence-electron chi connectivity index (χ1n) is 12.3. The van der Waals surface area contributed by atoms with E-state index in [-0.39, 0.29) is 30.3 Å². The molecule has 204 valence electrons. The van der Waals surface area contributed by atoms with Crippen LogP contribution in [0.4, 0.5) is 10.7 Å². The zero-order chi connectivity index (χ0) is 28.0. The Labute approximate surface area is 229 Å². The molecule has 38 heavy (non-hydrogen) atoms. The smallest absolute Gasteiger partial charge is 0.318 e. The van der Waals surface area contributed by atoms with Crippen LogP contribution in [0.15, 0.2) is 48.7 Å². The van der Waals surface area contributed by atoms with Crippen molar-refractivity contribution in [3.63, 3.8) is 0 Å². The lowest BCUT2D eigenvalue weighted by molar-refractivity contribution is -0.116. The third-order valence-electron chi connectivity index (χ3n) is 5.40. The number of nitrogens with zero attached hydrogens (tertiary/aromatic N) is 3. The summed E-state index contributed by atoms with van der Waals surface area (Å²) in [6.45, 7) is 9.98. The van der Waals surface area contributed by atoms with Crippen LogP contribution in [-0.2, 0) is 4.79 Å². The lowest BCUT2D eigenvalue weighted by Gasteiger charge is -2.29. The van der Waals surface area contributed by atoms with Crippen LogP contribution >= 0.6 is 11.6 Å². The van der Waals surface area contributed by atoms with E-state index in [0.29, 0.717) is 34.4 Å². The van der Waals surface area contributed by atoms with E-state index in [1.165, 1.54) is 4.90 Å². The molecule has 1 aromatic heterocycles. The first kappa shape index (κ1) is 28.8. The van der Waals surface area contributed by atoms with Gasteiger partial charge in [-0.25, -0.2) is 9.78 Å². The van der Waals surface area contributed by atoms with E-state index in [9.17, 15) is 9.59 Å². The van der Waals surface area contributed by atoms with Gasteiger partial charge in [-0.05, 0) is 38.8 Å². The second kappa shape index (κ2) is 12.2. The van der Waals surface area contributed by atoms with E-state index in [2.05, 4.69) is 10.6 Å². The van der Waals surface area contributed by atoms with Crippen LogP contribution in [0.3, 0.4) is 0 Å². The summed E-state index contributed by atoms with van der Waals surface area (Å²) in [4.78, 5) is 32.3. The summed E-state index contributed by atoms with van der Waals surface area (Å²) in [5.74, 6) is 1.26. The predicted octanol–water partition coefficient (Wildman–Crippen LogP) is 5.61. The Bertz CT molecular complexity index is 1240. The first-order chi connectivity index (χ1) is 17.9. The normalized spacial score (nSPS) is 11.3. The standard InChI is InChI=1S/C28H36ClN5O4/c1-18(2)15-33(27(36)32-28(3,4)5)17-25(35)31-26-30-24(19-8-10-20(29)11-9-19)16-34(26)21-12-22(37-6)14-23(13-21)38-7/h8-14,16,18H,15,17H2,1-7H3,(H,32,36)(H,30,31,35). The van der Waals surface area contributed by atoms with Crippen molar-refractivity contribution in [2.75, 3.05) is 32.6 Å². The second-order valence-electron chi connectivity index (χ2n) is 10.4. The topological polar surface area (TPSA) is 97.7 Å². The third kappa shape index (κ3) is 7.89. The van der Waals surface area contributed by atoms with Crippen molar-refractivity contribution in [3.05, 3.63) is 53.7 Å². The number of hydrogen-bond acceptors (Lipinski definition) is 5. The number of imidazole rings is 1. The Morgan fingerprint density at radius 2 is 1.66 bits per heavy atom. The van der Waals surface area contributed by atoms with Crippen molar-refractivity contribution < 1.29 is 19.1 Å². The summed E-state index contributed by atoms with van der Waals surface area (Å²) >= 11 is 6.07. The SMILES string of the molecule is COc1cc(OC)cc(-n2cc(-c3ccc(Cl)cc3)nc2NC(=O)CN(CC(C)C)C(=O)NC(C)(C)C)c1. The molecule has 3 rings (SSSR count). The Kier molecular flexibility index (Phi) is 9.27. The number of rotatable bonds is 9. The maximum absolute atomic E-state index is 13.2. The van der Waals surface area contributed by atoms with Gasteiger partial charge in [-0.1, -0.05) is 37.6 Å². The third-order valence-corrected chi connectivity index (χ3v) is 5.65. The lowest BCUT2D eigenvalue weighted by Crippen LogP contribution is -2.51. The molecule has 0 fully saturated rings. The van der Waals surface area contributed by atoms with Crippen LogP contribution in [0, 0.1) is 5.92 Å². The molecule has 2 aromatic carbocycles. The fraction of sp³-hybridized carbons (Fsp3) is 0.393. The van der Waals surface area contributed by atoms with E-state index in [4.69, 9.17) is 26.1 Å². The summed E-state index contributed by atoms with van der Waals surface area (Å²) in [6.07, 6.45) is 1.81. The van der Waals surface area contributed by atoms with Gasteiger partial charge < -0.3 is 19.7 Å². The highest BCUT2D eigenvalue weighted by atomic mass is 35.5. The largest absolute Gasteiger partial charge is 0.497 e. The van der Waals surface area contributed by atoms with Gasteiger partial charge in [-0.2, -0.15) is 0 Å². The Morgan fingerprint density at radius 1 is 1.05 bits per heavy atom. The van der Waals surface area contributed by atoms with Crippen LogP contribution in [0.1, 0.15) is 34.6 Å². The maximum atomic E-state index is 13.2. The number of amides is 3. The molecule has 0 radical (unpaired) electrons. The fourth-order valence-electron chi connectivity index (χ4n) is 3.75. The van der Waals surface area contributed by atoms with Crippen molar-refractivity contribution in [1.29, 1.82) is 0 Å². The lowest BCUT2D eigenvalue weighted by atomic mass is 10.1. The molecule has 0 saturated carbocycles. The number of carbonyl (C=O) groups excluding carboxylic acids is 2. The van der Waals surface area contributed by atoms with Crippen molar-refractivity contribution in [1.82, 2.24) is 19.8 Å². The molecule has 0 aliphatic heterocycles. The number of aromatic nitrogens is 2. The molecule has 3 amide bonds. The quantitative estimate of drug-likeness (QED) is 0.367. The van der Waals surface area contributed by atoms with Crippen molar-refractivity contribution in [2.45, 2.75) is 40.2 Å². The molecular formula is C28H36ClN5O4. The van der Waals surface area contributed by atoms with Gasteiger partial charge in [-0.3, -0.25) is 14.7 Å². The summed E-state index contributed by atoms with van der Waals surface area (Å²) in [5.41, 5.74) is 1.69. The van der Waals surface area contributed by atoms with Crippen LogP contribution < -0.4 is 20.1 Å². The second-order valence-corrected chi connectivity index (χ2v) is 10.8. The number of halogens is 1. The van der Waals surface area contributed by atoms with E-state index < -0.39 is 5.54 Å². The number of methoxy groups -OCH3 is 2. The minimum atomic E-state index is -0.433. The Hall–Kier alpha value is -3.72. The molecular weight excluding hydrogens is 506 g/mol. The van der Waals surface area contributed by atoms with Crippen LogP contribution in [0.25, 0.3) is 16.9 Å². The predicted molar refractivity (Wildman–Crippen MR) is 150 cm³/mol. The van der Waals surface area contributed by atoms with Gasteiger partial charge in [-0.15, -0.1) is 0 Å². The molecule has 9 nitrogen and oxygen atoms in total. The fourth-order valence-corrected chi connectivity index (χ4v) is 3.88. The van der Waals surface area contributed by atoms with Gasteiger partial charge in [0.2, 0.25) is 11.9 Å². The highest BCUT2D eigenvalue weighted by Crippen LogP contribution is 2.30. The zero-order valence-corrected chi connectivity index (χ0v) is 23.7. The summed E-state index contributed by atoms with van der Waals surface area (Å²) < 4.78 is 12.6. The molecule has 0 spiro atoms. The van der Waals surface area contributed by atoms with Crippen LogP contribution in [0.5, 0.6) is 11.5 Å². The Balaban J connectivity index is 1.97. The molecule has 0 aliphatic rings. The van der Waals surface area contributed by atoms with Gasteiger partial charge in [0.25, 0.3) is 0 Å². The van der Waals surface area contributed by atoms with Gasteiger partial charge in [0.1, 0.15) is 18.0 Å². The summed E-state index contributed by atoms with van der Waals surface area (Å²) in [6, 6.07) is 12.4. The monoisotopic (exact) mass is 541 g/mol. The Morgan fingerprint density at radius 3 is 2.18 bits per heavy atom. The molecule has 0 aliphatic carbocycles. The molecule has 0 bridgehead atoms. The number of benzene rings is 2. The number of urea groups is 1. The first-order valence-corrected chi connectivity index (χ1v) is 12.7. The molecule has 0 saturated heterocycles. The van der Waals surface area contributed by atoms with Gasteiger partial charge in [0.05, 0.1) is 25.6 Å². The minimum Gasteiger partial charge on any atom is -0.497 e. The van der Waals surface area contributed by atoms with E-state index >= 15 is 0 Å². The van der Waals surface area contributed by atoms with E-state index in [0.717, 1.165) is 5.56 Å². The van der Waals surface area contributed by atoms with Crippen molar-refractivity contribution in [2.24, 2.45) is 5.92 Å². The average Bonchev–Trinajstić information content (AvgIpc) is 3.25. The number of carbonyl (C=O) groups is 2. The molecule has 10 heteroatoms. The molecule has 1 heterocycles. The van der Waals surface area contributed by atoms with Crippen LogP contribution in [-0.4, -0.2) is 59.2 Å². The highest BCUT2D eigenvalue weighted by Gasteiger charge is 2.24. The van der Waals surface area contributed by atoms with Crippen LogP contribution in [0.2, 0.25) is 5.02 Å². The van der Waals surface area contributed by atoms with Crippen molar-refractivity contribution in [3.8, 4) is 28.4 Å². The van der Waals surface area contributed by atoms with E-state index in [1.807, 2.05) is 65.1 Å². The van der Waals surface area contributed by atoms with Gasteiger partial charge in [0, 0.05) is 47.1 Å². The van der Waals surface area contributed by atoms with Crippen molar-refractivity contribution >= 4 is 29.5 Å². The van der Waals surface area contributed by atoms with E-state index in [1.54, 1.807) is 37.0 Å². The average molecular weight is 542 g/mol. The number of hydrogen-bond donors (Lipinski definition) is 2. The molecule has 2 N–H and O–H groups in total. The number of ether oxygens (including phenoxy) is 2. The molecule has 3 aromatic rings. The zero-order valence-electron chi connectivity index (χ0n) is 23.0. The maximum Gasteiger partial charge on any atom is 0.318 e. The minimum absolute atomic E-state index is 0.134. The number of nitrogens with one attached hydrogen (secondary N) is 2. The molecule has 0 atom stereocenters. The van der Waals surface area contributed by atoms with Gasteiger partial charge in [0.15, 0.2) is 0 Å². The summed E-state index contributed by atoms with van der Waals surface area (Å²) in [7, 11) is 3.14. The summed E-state index contributed by atoms with van der Waals surface area (Å²) in [5, 5.41) is 6.43. The molecule has 0 unspecified atom stereocenters. The number of anilines is 1.